The molecular formula is C16H20N2O6S2. The molecule has 0 N–H and O–H groups in total. The Morgan fingerprint density at radius 2 is 1.88 bits per heavy atom. The molecule has 0 bridgehead atoms. The maximum absolute atomic E-state index is 12.7. The topological polar surface area (TPSA) is 109 Å². The van der Waals surface area contributed by atoms with E-state index in [1.54, 1.807) is 6.92 Å². The molecule has 142 valence electrons. The Morgan fingerprint density at radius 3 is 2.42 bits per heavy atom. The molecular weight excluding hydrogens is 380 g/mol. The van der Waals surface area contributed by atoms with Crippen LogP contribution in [-0.4, -0.2) is 63.9 Å². The lowest BCUT2D eigenvalue weighted by Crippen LogP contribution is -2.38. The molecule has 0 aromatic heterocycles. The van der Waals surface area contributed by atoms with Crippen LogP contribution >= 0.6 is 0 Å². The van der Waals surface area contributed by atoms with Gasteiger partial charge in [0.1, 0.15) is 0 Å². The van der Waals surface area contributed by atoms with Gasteiger partial charge in [-0.2, -0.15) is 0 Å². The molecule has 2 aliphatic rings. The number of amides is 2. The highest BCUT2D eigenvalue weighted by Crippen LogP contribution is 2.29. The van der Waals surface area contributed by atoms with Crippen LogP contribution < -0.4 is 4.31 Å². The van der Waals surface area contributed by atoms with Crippen molar-refractivity contribution < 1.29 is 26.4 Å². The molecule has 8 nitrogen and oxygen atoms in total. The molecule has 1 aromatic rings. The minimum absolute atomic E-state index is 0.0493. The van der Waals surface area contributed by atoms with E-state index in [0.29, 0.717) is 6.42 Å². The van der Waals surface area contributed by atoms with Gasteiger partial charge in [0.25, 0.3) is 5.91 Å². The maximum Gasteiger partial charge on any atom is 0.253 e. The number of benzene rings is 1. The summed E-state index contributed by atoms with van der Waals surface area (Å²) in [5, 5.41) is 0. The molecule has 1 aromatic carbocycles. The Bertz CT molecular complexity index is 970. The van der Waals surface area contributed by atoms with Gasteiger partial charge in [-0.3, -0.25) is 9.59 Å². The highest BCUT2D eigenvalue weighted by Gasteiger charge is 2.42. The van der Waals surface area contributed by atoms with Crippen molar-refractivity contribution in [3.05, 3.63) is 29.8 Å². The van der Waals surface area contributed by atoms with Gasteiger partial charge in [0.15, 0.2) is 9.84 Å². The van der Waals surface area contributed by atoms with Gasteiger partial charge >= 0.3 is 0 Å². The van der Waals surface area contributed by atoms with Crippen LogP contribution in [0, 0.1) is 5.92 Å². The molecule has 26 heavy (non-hydrogen) atoms. The third-order valence-electron chi connectivity index (χ3n) is 4.76. The predicted octanol–water partition coefficient (Wildman–Crippen LogP) is 0.258. The van der Waals surface area contributed by atoms with Gasteiger partial charge in [-0.05, 0) is 24.6 Å². The van der Waals surface area contributed by atoms with Crippen molar-refractivity contribution in [1.29, 1.82) is 0 Å². The fourth-order valence-electron chi connectivity index (χ4n) is 3.30. The summed E-state index contributed by atoms with van der Waals surface area (Å²) in [7, 11) is -5.36. The summed E-state index contributed by atoms with van der Waals surface area (Å²) in [6.07, 6.45) is 0.376. The molecule has 2 fully saturated rings. The summed E-state index contributed by atoms with van der Waals surface area (Å²) >= 11 is 0. The summed E-state index contributed by atoms with van der Waals surface area (Å²) in [5.41, 5.74) is 0.328. The lowest BCUT2D eigenvalue weighted by Gasteiger charge is -2.24. The van der Waals surface area contributed by atoms with Crippen molar-refractivity contribution in [3.8, 4) is 0 Å². The van der Waals surface area contributed by atoms with E-state index >= 15 is 0 Å². The first-order chi connectivity index (χ1) is 12.0. The molecule has 2 atom stereocenters. The second-order valence-corrected chi connectivity index (χ2v) is 10.9. The zero-order chi connectivity index (χ0) is 19.3. The number of nitrogens with zero attached hydrogens (tertiary/aromatic N) is 2. The highest BCUT2D eigenvalue weighted by molar-refractivity contribution is 7.94. The zero-order valence-electron chi connectivity index (χ0n) is 14.5. The van der Waals surface area contributed by atoms with Crippen LogP contribution in [0.15, 0.2) is 24.3 Å². The monoisotopic (exact) mass is 400 g/mol. The van der Waals surface area contributed by atoms with Crippen LogP contribution in [0.5, 0.6) is 0 Å². The first kappa shape index (κ1) is 18.8. The van der Waals surface area contributed by atoms with E-state index in [0.717, 1.165) is 4.31 Å². The van der Waals surface area contributed by atoms with E-state index in [2.05, 4.69) is 0 Å². The van der Waals surface area contributed by atoms with Crippen LogP contribution in [0.25, 0.3) is 0 Å². The zero-order valence-corrected chi connectivity index (χ0v) is 16.1. The molecule has 10 heteroatoms. The average Bonchev–Trinajstić information content (AvgIpc) is 3.02. The van der Waals surface area contributed by atoms with Crippen LogP contribution in [0.2, 0.25) is 0 Å². The van der Waals surface area contributed by atoms with E-state index in [4.69, 9.17) is 0 Å². The number of sulfone groups is 1. The molecule has 0 aliphatic carbocycles. The molecule has 2 amide bonds. The number of carbonyl (C=O) groups excluding carboxylic acids is 2. The third-order valence-corrected chi connectivity index (χ3v) is 8.38. The largest absolute Gasteiger partial charge is 0.338 e. The number of carbonyl (C=O) groups is 2. The molecule has 0 spiro atoms. The van der Waals surface area contributed by atoms with Crippen molar-refractivity contribution in [2.45, 2.75) is 19.4 Å². The smallest absolute Gasteiger partial charge is 0.253 e. The van der Waals surface area contributed by atoms with E-state index in [-0.39, 0.29) is 28.5 Å². The minimum atomic E-state index is -3.75. The van der Waals surface area contributed by atoms with Gasteiger partial charge in [-0.15, -0.1) is 0 Å². The summed E-state index contributed by atoms with van der Waals surface area (Å²) < 4.78 is 48.4. The van der Waals surface area contributed by atoms with Crippen molar-refractivity contribution in [1.82, 2.24) is 4.90 Å². The number of hydrogen-bond acceptors (Lipinski definition) is 6. The molecule has 3 rings (SSSR count). The van der Waals surface area contributed by atoms with Crippen LogP contribution in [-0.2, 0) is 24.7 Å². The second kappa shape index (κ2) is 6.34. The van der Waals surface area contributed by atoms with Gasteiger partial charge in [0.05, 0.1) is 28.9 Å². The molecule has 2 aliphatic heterocycles. The van der Waals surface area contributed by atoms with E-state index in [1.165, 1.54) is 36.2 Å². The maximum atomic E-state index is 12.7. The normalized spacial score (nSPS) is 26.8. The number of anilines is 1. The Balaban J connectivity index is 1.88. The van der Waals surface area contributed by atoms with E-state index in [9.17, 15) is 26.4 Å². The van der Waals surface area contributed by atoms with Crippen molar-refractivity contribution in [2.24, 2.45) is 5.92 Å². The van der Waals surface area contributed by atoms with Gasteiger partial charge in [0, 0.05) is 18.7 Å². The summed E-state index contributed by atoms with van der Waals surface area (Å²) in [4.78, 5) is 26.3. The number of hydrogen-bond donors (Lipinski definition) is 0. The first-order valence-corrected chi connectivity index (χ1v) is 11.6. The average molecular weight is 400 g/mol. The second-order valence-electron chi connectivity index (χ2n) is 6.81. The Hall–Kier alpha value is -1.94. The Kier molecular flexibility index (Phi) is 4.60. The molecule has 2 saturated heterocycles. The van der Waals surface area contributed by atoms with Crippen LogP contribution in [0.3, 0.4) is 0 Å². The lowest BCUT2D eigenvalue weighted by atomic mass is 10.1. The minimum Gasteiger partial charge on any atom is -0.338 e. The first-order valence-electron chi connectivity index (χ1n) is 8.16. The highest BCUT2D eigenvalue weighted by atomic mass is 32.2. The number of sulfonamides is 1. The standard InChI is InChI=1S/C16H20N2O6S2/c1-11-9-26(23,24)18(15(11)19)13-5-3-4-12(8-13)16(20)17(2)14-6-7-25(21,22)10-14/h3-5,8,11,14H,6-7,9-10H2,1-2H3. The number of rotatable bonds is 3. The summed E-state index contributed by atoms with van der Waals surface area (Å²) in [6.45, 7) is 1.54. The van der Waals surface area contributed by atoms with Crippen LogP contribution in [0.1, 0.15) is 23.7 Å². The fraction of sp³-hybridized carbons (Fsp3) is 0.500. The van der Waals surface area contributed by atoms with Gasteiger partial charge in [0.2, 0.25) is 15.9 Å². The summed E-state index contributed by atoms with van der Waals surface area (Å²) in [5.74, 6) is -1.86. The molecule has 2 heterocycles. The van der Waals surface area contributed by atoms with Crippen molar-refractivity contribution >= 4 is 37.4 Å². The Morgan fingerprint density at radius 1 is 1.19 bits per heavy atom. The van der Waals surface area contributed by atoms with Crippen molar-refractivity contribution in [3.63, 3.8) is 0 Å². The van der Waals surface area contributed by atoms with Crippen LogP contribution in [0.4, 0.5) is 5.69 Å². The SMILES string of the molecule is CC1CS(=O)(=O)N(c2cccc(C(=O)N(C)C3CCS(=O)(=O)C3)c2)C1=O. The van der Waals surface area contributed by atoms with E-state index < -0.39 is 43.6 Å². The van der Waals surface area contributed by atoms with Gasteiger partial charge in [-0.25, -0.2) is 21.1 Å². The fourth-order valence-corrected chi connectivity index (χ4v) is 6.89. The lowest BCUT2D eigenvalue weighted by molar-refractivity contribution is -0.119. The molecule has 2 unspecified atom stereocenters. The summed E-state index contributed by atoms with van der Waals surface area (Å²) in [6, 6.07) is 5.43. The van der Waals surface area contributed by atoms with Crippen molar-refractivity contribution in [2.75, 3.05) is 28.6 Å². The van der Waals surface area contributed by atoms with Gasteiger partial charge in [-0.1, -0.05) is 13.0 Å². The van der Waals surface area contributed by atoms with E-state index in [1.807, 2.05) is 0 Å². The Labute approximate surface area is 152 Å². The third kappa shape index (κ3) is 3.35. The predicted molar refractivity (Wildman–Crippen MR) is 96.0 cm³/mol. The van der Waals surface area contributed by atoms with Gasteiger partial charge < -0.3 is 4.90 Å². The quantitative estimate of drug-likeness (QED) is 0.720. The molecule has 0 saturated carbocycles. The molecule has 0 radical (unpaired) electrons.